The number of nitrogens with zero attached hydrogens (tertiary/aromatic N) is 2. The van der Waals surface area contributed by atoms with E-state index in [1.54, 1.807) is 0 Å². The quantitative estimate of drug-likeness (QED) is 0.168. The van der Waals surface area contributed by atoms with E-state index in [0.29, 0.717) is 0 Å². The highest BCUT2D eigenvalue weighted by Crippen LogP contribution is 2.56. The highest BCUT2D eigenvalue weighted by atomic mass is 14.9. The molecule has 0 atom stereocenters. The Balaban J connectivity index is 0.957. The Labute approximate surface area is 353 Å². The number of aromatic nitrogens is 2. The largest absolute Gasteiger partial charge is 0.243 e. The maximum atomic E-state index is 5.45. The monoisotopic (exact) mass is 768 g/mol. The molecule has 0 radical (unpaired) electrons. The van der Waals surface area contributed by atoms with Gasteiger partial charge >= 0.3 is 0 Å². The van der Waals surface area contributed by atoms with E-state index in [0.717, 1.165) is 50.6 Å². The lowest BCUT2D eigenvalue weighted by Crippen LogP contribution is -2.17. The molecule has 1 aromatic heterocycles. The van der Waals surface area contributed by atoms with E-state index in [9.17, 15) is 0 Å². The zero-order valence-corrected chi connectivity index (χ0v) is 34.4. The molecule has 1 heterocycles. The van der Waals surface area contributed by atoms with Crippen LogP contribution in [-0.2, 0) is 10.8 Å². The van der Waals surface area contributed by atoms with Crippen molar-refractivity contribution in [2.24, 2.45) is 0 Å². The van der Waals surface area contributed by atoms with Crippen molar-refractivity contribution in [2.75, 3.05) is 0 Å². The molecule has 0 saturated carbocycles. The molecule has 0 amide bonds. The van der Waals surface area contributed by atoms with Crippen LogP contribution < -0.4 is 0 Å². The van der Waals surface area contributed by atoms with Crippen LogP contribution in [0.4, 0.5) is 0 Å². The third kappa shape index (κ3) is 5.70. The van der Waals surface area contributed by atoms with Gasteiger partial charge < -0.3 is 0 Å². The lowest BCUT2D eigenvalue weighted by atomic mass is 9.79. The SMILES string of the molecule is CC1(C)c2ccccc2-c2cc3c(cc21)-c1ccc(-c2cccc(-c4ccc(-c5nc(-c6ccccc6)c(-c6ccccc6)nc5-c5ccccc5)cc4)c2)cc1C3(C)C. The summed E-state index contributed by atoms with van der Waals surface area (Å²) in [5, 5.41) is 0. The average Bonchev–Trinajstić information content (AvgIpc) is 3.67. The lowest BCUT2D eigenvalue weighted by Gasteiger charge is -2.24. The molecule has 0 fully saturated rings. The fourth-order valence-corrected chi connectivity index (χ4v) is 9.84. The minimum absolute atomic E-state index is 0.0257. The van der Waals surface area contributed by atoms with Gasteiger partial charge in [-0.15, -0.1) is 0 Å². The third-order valence-corrected chi connectivity index (χ3v) is 13.1. The first-order valence-electron chi connectivity index (χ1n) is 21.0. The number of rotatable bonds is 6. The van der Waals surface area contributed by atoms with Crippen molar-refractivity contribution in [3.05, 3.63) is 216 Å². The molecule has 286 valence electrons. The molecule has 11 rings (SSSR count). The molecule has 8 aromatic carbocycles. The summed E-state index contributed by atoms with van der Waals surface area (Å²) >= 11 is 0. The normalized spacial score (nSPS) is 13.9. The van der Waals surface area contributed by atoms with Gasteiger partial charge in [-0.3, -0.25) is 0 Å². The van der Waals surface area contributed by atoms with Gasteiger partial charge in [0.2, 0.25) is 0 Å². The first-order chi connectivity index (χ1) is 29.3. The number of hydrogen-bond donors (Lipinski definition) is 0. The van der Waals surface area contributed by atoms with Crippen molar-refractivity contribution in [2.45, 2.75) is 38.5 Å². The van der Waals surface area contributed by atoms with Crippen molar-refractivity contribution in [3.8, 4) is 89.5 Å². The van der Waals surface area contributed by atoms with Crippen molar-refractivity contribution >= 4 is 0 Å². The molecule has 2 aliphatic carbocycles. The first kappa shape index (κ1) is 36.0. The smallest absolute Gasteiger partial charge is 0.0973 e. The van der Waals surface area contributed by atoms with Gasteiger partial charge in [0.15, 0.2) is 0 Å². The Morgan fingerprint density at radius 1 is 0.250 bits per heavy atom. The minimum Gasteiger partial charge on any atom is -0.243 e. The molecule has 9 aromatic rings. The first-order valence-corrected chi connectivity index (χ1v) is 21.0. The van der Waals surface area contributed by atoms with Gasteiger partial charge in [-0.1, -0.05) is 198 Å². The van der Waals surface area contributed by atoms with Crippen LogP contribution in [0.5, 0.6) is 0 Å². The molecule has 0 saturated heterocycles. The molecule has 2 aliphatic rings. The summed E-state index contributed by atoms with van der Waals surface area (Å²) in [6.07, 6.45) is 0. The molecule has 0 bridgehead atoms. The van der Waals surface area contributed by atoms with Crippen LogP contribution in [-0.4, -0.2) is 9.97 Å². The summed E-state index contributed by atoms with van der Waals surface area (Å²) < 4.78 is 0. The van der Waals surface area contributed by atoms with Crippen LogP contribution in [0.3, 0.4) is 0 Å². The van der Waals surface area contributed by atoms with E-state index >= 15 is 0 Å². The molecule has 0 N–H and O–H groups in total. The molecular formula is C58H44N2. The van der Waals surface area contributed by atoms with Gasteiger partial charge in [-0.05, 0) is 91.0 Å². The van der Waals surface area contributed by atoms with E-state index in [4.69, 9.17) is 9.97 Å². The van der Waals surface area contributed by atoms with E-state index in [1.165, 1.54) is 61.2 Å². The second kappa shape index (κ2) is 13.7. The number of fused-ring (bicyclic) bond motifs is 6. The summed E-state index contributed by atoms with van der Waals surface area (Å²) in [6, 6.07) is 70.1. The summed E-state index contributed by atoms with van der Waals surface area (Å²) in [5.41, 5.74) is 23.4. The van der Waals surface area contributed by atoms with Crippen LogP contribution in [0.2, 0.25) is 0 Å². The van der Waals surface area contributed by atoms with E-state index in [-0.39, 0.29) is 10.8 Å². The Bertz CT molecular complexity index is 3100. The van der Waals surface area contributed by atoms with Crippen molar-refractivity contribution < 1.29 is 0 Å². The standard InChI is InChI=1S/C58H44N2/c1-57(2)49-26-15-14-25-45(49)47-35-52-48(36-51(47)57)46-32-31-44(34-50(46)58(52,3)4)43-24-16-23-42(33-43)37-27-29-41(30-28-37)56-55(40-21-12-7-13-22-40)59-53(38-17-8-5-9-18-38)54(60-56)39-19-10-6-11-20-39/h5-36H,1-4H3. The number of benzene rings is 8. The second-order valence-corrected chi connectivity index (χ2v) is 17.4. The number of hydrogen-bond acceptors (Lipinski definition) is 2. The molecular weight excluding hydrogens is 725 g/mol. The van der Waals surface area contributed by atoms with E-state index in [1.807, 2.05) is 18.2 Å². The second-order valence-electron chi connectivity index (χ2n) is 17.4. The fraction of sp³-hybridized carbons (Fsp3) is 0.103. The molecule has 2 heteroatoms. The predicted molar refractivity (Wildman–Crippen MR) is 250 cm³/mol. The maximum absolute atomic E-state index is 5.45. The zero-order chi connectivity index (χ0) is 40.6. The van der Waals surface area contributed by atoms with E-state index in [2.05, 4.69) is 204 Å². The highest BCUT2D eigenvalue weighted by Gasteiger charge is 2.41. The lowest BCUT2D eigenvalue weighted by molar-refractivity contribution is 0.652. The molecule has 0 unspecified atom stereocenters. The molecule has 0 aliphatic heterocycles. The van der Waals surface area contributed by atoms with Crippen molar-refractivity contribution in [3.63, 3.8) is 0 Å². The van der Waals surface area contributed by atoms with Gasteiger partial charge in [0.1, 0.15) is 0 Å². The Kier molecular flexibility index (Phi) is 8.22. The summed E-state index contributed by atoms with van der Waals surface area (Å²) in [7, 11) is 0. The van der Waals surface area contributed by atoms with E-state index < -0.39 is 0 Å². The Morgan fingerprint density at radius 2 is 0.600 bits per heavy atom. The Hall–Kier alpha value is -7.16. The van der Waals surface area contributed by atoms with Gasteiger partial charge in [0, 0.05) is 33.1 Å². The topological polar surface area (TPSA) is 25.8 Å². The summed E-state index contributed by atoms with van der Waals surface area (Å²) in [6.45, 7) is 9.53. The van der Waals surface area contributed by atoms with Gasteiger partial charge in [-0.2, -0.15) is 0 Å². The Morgan fingerprint density at radius 3 is 1.13 bits per heavy atom. The minimum atomic E-state index is -0.119. The average molecular weight is 769 g/mol. The van der Waals surface area contributed by atoms with Crippen LogP contribution in [0.15, 0.2) is 194 Å². The summed E-state index contributed by atoms with van der Waals surface area (Å²) in [5.74, 6) is 0. The molecule has 0 spiro atoms. The maximum Gasteiger partial charge on any atom is 0.0973 e. The van der Waals surface area contributed by atoms with Crippen molar-refractivity contribution in [1.29, 1.82) is 0 Å². The van der Waals surface area contributed by atoms with Crippen LogP contribution in [0.1, 0.15) is 49.9 Å². The van der Waals surface area contributed by atoms with Crippen LogP contribution in [0, 0.1) is 0 Å². The van der Waals surface area contributed by atoms with Crippen LogP contribution in [0.25, 0.3) is 89.5 Å². The van der Waals surface area contributed by atoms with Gasteiger partial charge in [0.05, 0.1) is 22.8 Å². The molecule has 60 heavy (non-hydrogen) atoms. The van der Waals surface area contributed by atoms with Gasteiger partial charge in [0.25, 0.3) is 0 Å². The zero-order valence-electron chi connectivity index (χ0n) is 34.4. The fourth-order valence-electron chi connectivity index (χ4n) is 9.84. The highest BCUT2D eigenvalue weighted by molar-refractivity contribution is 5.91. The van der Waals surface area contributed by atoms with Gasteiger partial charge in [-0.25, -0.2) is 9.97 Å². The van der Waals surface area contributed by atoms with Crippen LogP contribution >= 0.6 is 0 Å². The molecule has 2 nitrogen and oxygen atoms in total. The van der Waals surface area contributed by atoms with Crippen molar-refractivity contribution in [1.82, 2.24) is 9.97 Å². The third-order valence-electron chi connectivity index (χ3n) is 13.1. The predicted octanol–water partition coefficient (Wildman–Crippen LogP) is 15.1. The summed E-state index contributed by atoms with van der Waals surface area (Å²) in [4.78, 5) is 10.9.